The van der Waals surface area contributed by atoms with Gasteiger partial charge in [-0.2, -0.15) is 0 Å². The molecule has 0 radical (unpaired) electrons. The van der Waals surface area contributed by atoms with Crippen LogP contribution in [0.25, 0.3) is 21.8 Å². The van der Waals surface area contributed by atoms with Crippen LogP contribution in [0.4, 0.5) is 0 Å². The van der Waals surface area contributed by atoms with E-state index in [1.807, 2.05) is 0 Å². The molecular formula is C19H14ClN3O5S. The molecule has 0 aliphatic rings. The zero-order chi connectivity index (χ0) is 20.8. The number of rotatable bonds is 5. The van der Waals surface area contributed by atoms with E-state index < -0.39 is 21.6 Å². The van der Waals surface area contributed by atoms with Gasteiger partial charge in [0.15, 0.2) is 0 Å². The third-order valence-corrected chi connectivity index (χ3v) is 6.15. The van der Waals surface area contributed by atoms with Crippen LogP contribution < -0.4 is 10.3 Å². The van der Waals surface area contributed by atoms with Crippen LogP contribution in [0.3, 0.4) is 0 Å². The Labute approximate surface area is 169 Å². The Kier molecular flexibility index (Phi) is 4.65. The zero-order valence-corrected chi connectivity index (χ0v) is 16.3. The molecule has 4 aromatic rings. The Hall–Kier alpha value is -3.14. The van der Waals surface area contributed by atoms with Gasteiger partial charge in [-0.1, -0.05) is 23.7 Å². The van der Waals surface area contributed by atoms with Gasteiger partial charge in [0.2, 0.25) is 10.0 Å². The lowest BCUT2D eigenvalue weighted by molar-refractivity contribution is 0.0699. The maximum Gasteiger partial charge on any atom is 0.337 e. The van der Waals surface area contributed by atoms with Crippen molar-refractivity contribution in [3.63, 3.8) is 0 Å². The summed E-state index contributed by atoms with van der Waals surface area (Å²) in [4.78, 5) is 28.9. The molecule has 0 aliphatic heterocycles. The lowest BCUT2D eigenvalue weighted by Crippen LogP contribution is -2.23. The summed E-state index contributed by atoms with van der Waals surface area (Å²) in [6.07, 6.45) is 1.21. The van der Waals surface area contributed by atoms with Gasteiger partial charge in [0.05, 0.1) is 10.5 Å². The number of hydrogen-bond donors (Lipinski definition) is 4. The van der Waals surface area contributed by atoms with Gasteiger partial charge in [-0.25, -0.2) is 17.9 Å². The van der Waals surface area contributed by atoms with Crippen LogP contribution in [0.1, 0.15) is 15.9 Å². The van der Waals surface area contributed by atoms with E-state index in [-0.39, 0.29) is 27.9 Å². The van der Waals surface area contributed by atoms with E-state index in [0.717, 1.165) is 0 Å². The molecule has 2 aromatic carbocycles. The number of nitrogens with one attached hydrogen (secondary N) is 3. The molecule has 8 nitrogen and oxygen atoms in total. The Balaban J connectivity index is 1.81. The predicted molar refractivity (Wildman–Crippen MR) is 109 cm³/mol. The third-order valence-electron chi connectivity index (χ3n) is 4.51. The SMILES string of the molecule is O=C(O)c1c[nH]c2c(=O)[nH]c3ccc(S(=O)(=O)NCc4cccc(Cl)c4)cc3c12. The van der Waals surface area contributed by atoms with Crippen molar-refractivity contribution < 1.29 is 18.3 Å². The molecule has 0 atom stereocenters. The van der Waals surface area contributed by atoms with Gasteiger partial charge in [0.25, 0.3) is 5.56 Å². The average Bonchev–Trinajstić information content (AvgIpc) is 3.13. The Morgan fingerprint density at radius 1 is 1.17 bits per heavy atom. The van der Waals surface area contributed by atoms with Gasteiger partial charge in [0.1, 0.15) is 5.52 Å². The average molecular weight is 432 g/mol. The lowest BCUT2D eigenvalue weighted by atomic mass is 10.1. The summed E-state index contributed by atoms with van der Waals surface area (Å²) in [6, 6.07) is 10.9. The predicted octanol–water partition coefficient (Wildman–Crippen LogP) is 2.84. The van der Waals surface area contributed by atoms with Crippen molar-refractivity contribution in [3.8, 4) is 0 Å². The number of sulfonamides is 1. The summed E-state index contributed by atoms with van der Waals surface area (Å²) < 4.78 is 28.0. The molecule has 0 bridgehead atoms. The minimum atomic E-state index is -3.90. The highest BCUT2D eigenvalue weighted by Crippen LogP contribution is 2.27. The summed E-state index contributed by atoms with van der Waals surface area (Å²) in [6.45, 7) is 0.0342. The van der Waals surface area contributed by atoms with Crippen molar-refractivity contribution in [2.75, 3.05) is 0 Å². The molecular weight excluding hydrogens is 418 g/mol. The Morgan fingerprint density at radius 3 is 2.69 bits per heavy atom. The molecule has 0 unspecified atom stereocenters. The van der Waals surface area contributed by atoms with E-state index in [4.69, 9.17) is 11.6 Å². The van der Waals surface area contributed by atoms with Gasteiger partial charge >= 0.3 is 5.97 Å². The lowest BCUT2D eigenvalue weighted by Gasteiger charge is -2.09. The van der Waals surface area contributed by atoms with Crippen molar-refractivity contribution in [3.05, 3.63) is 75.2 Å². The van der Waals surface area contributed by atoms with Gasteiger partial charge < -0.3 is 15.1 Å². The number of halogens is 1. The van der Waals surface area contributed by atoms with E-state index in [1.165, 1.54) is 24.4 Å². The summed E-state index contributed by atoms with van der Waals surface area (Å²) in [5.41, 5.74) is 0.481. The molecule has 29 heavy (non-hydrogen) atoms. The van der Waals surface area contributed by atoms with Crippen molar-refractivity contribution in [2.45, 2.75) is 11.4 Å². The van der Waals surface area contributed by atoms with E-state index in [1.54, 1.807) is 24.3 Å². The second kappa shape index (κ2) is 7.03. The number of aromatic amines is 2. The molecule has 0 saturated heterocycles. The zero-order valence-electron chi connectivity index (χ0n) is 14.7. The monoisotopic (exact) mass is 431 g/mol. The standard InChI is InChI=1S/C19H14ClN3O5S/c20-11-3-1-2-10(6-11)8-22-29(27,28)12-4-5-15-13(7-12)16-14(19(25)26)9-21-17(16)18(24)23-15/h1-7,9,21-22H,8H2,(H,23,24)(H,25,26). The van der Waals surface area contributed by atoms with Crippen LogP contribution in [0, 0.1) is 0 Å². The van der Waals surface area contributed by atoms with E-state index >= 15 is 0 Å². The van der Waals surface area contributed by atoms with Crippen LogP contribution in [-0.4, -0.2) is 29.5 Å². The number of benzene rings is 2. The largest absolute Gasteiger partial charge is 0.478 e. The molecule has 0 fully saturated rings. The number of carboxylic acids is 1. The fourth-order valence-electron chi connectivity index (χ4n) is 3.15. The summed E-state index contributed by atoms with van der Waals surface area (Å²) in [7, 11) is -3.90. The minimum absolute atomic E-state index is 0.0342. The first-order chi connectivity index (χ1) is 13.8. The number of H-pyrrole nitrogens is 2. The molecule has 0 amide bonds. The van der Waals surface area contributed by atoms with Crippen LogP contribution in [0.5, 0.6) is 0 Å². The van der Waals surface area contributed by atoms with Crippen molar-refractivity contribution in [1.29, 1.82) is 0 Å². The topological polar surface area (TPSA) is 132 Å². The van der Waals surface area contributed by atoms with Crippen molar-refractivity contribution in [2.24, 2.45) is 0 Å². The Morgan fingerprint density at radius 2 is 1.97 bits per heavy atom. The number of hydrogen-bond acceptors (Lipinski definition) is 4. The molecule has 148 valence electrons. The minimum Gasteiger partial charge on any atom is -0.478 e. The summed E-state index contributed by atoms with van der Waals surface area (Å²) in [5.74, 6) is -1.23. The highest BCUT2D eigenvalue weighted by molar-refractivity contribution is 7.89. The number of aromatic carboxylic acids is 1. The smallest absolute Gasteiger partial charge is 0.337 e. The second-order valence-corrected chi connectivity index (χ2v) is 8.58. The first-order valence-corrected chi connectivity index (χ1v) is 10.3. The molecule has 2 aromatic heterocycles. The first-order valence-electron chi connectivity index (χ1n) is 8.41. The van der Waals surface area contributed by atoms with Crippen LogP contribution in [0.2, 0.25) is 5.02 Å². The summed E-state index contributed by atoms with van der Waals surface area (Å²) >= 11 is 5.92. The van der Waals surface area contributed by atoms with Crippen LogP contribution in [0.15, 0.2) is 58.4 Å². The van der Waals surface area contributed by atoms with Gasteiger partial charge in [-0.05, 0) is 35.9 Å². The fraction of sp³-hybridized carbons (Fsp3) is 0.0526. The maximum atomic E-state index is 12.8. The van der Waals surface area contributed by atoms with Gasteiger partial charge in [0, 0.05) is 34.1 Å². The van der Waals surface area contributed by atoms with Crippen LogP contribution in [-0.2, 0) is 16.6 Å². The van der Waals surface area contributed by atoms with Crippen LogP contribution >= 0.6 is 11.6 Å². The maximum absolute atomic E-state index is 12.8. The first kappa shape index (κ1) is 19.2. The van der Waals surface area contributed by atoms with E-state index in [9.17, 15) is 23.1 Å². The molecule has 4 N–H and O–H groups in total. The quantitative estimate of drug-likeness (QED) is 0.385. The molecule has 2 heterocycles. The van der Waals surface area contributed by atoms with Crippen molar-refractivity contribution in [1.82, 2.24) is 14.7 Å². The highest BCUT2D eigenvalue weighted by Gasteiger charge is 2.19. The van der Waals surface area contributed by atoms with E-state index in [0.29, 0.717) is 21.5 Å². The number of aromatic nitrogens is 2. The van der Waals surface area contributed by atoms with Gasteiger partial charge in [-0.3, -0.25) is 4.79 Å². The highest BCUT2D eigenvalue weighted by atomic mass is 35.5. The third kappa shape index (κ3) is 3.51. The Bertz CT molecular complexity index is 1440. The number of carboxylic acid groups (broad SMARTS) is 1. The molecule has 0 aliphatic carbocycles. The second-order valence-electron chi connectivity index (χ2n) is 6.37. The number of pyridine rings is 1. The molecule has 4 rings (SSSR count). The summed E-state index contributed by atoms with van der Waals surface area (Å²) in [5, 5.41) is 10.4. The fourth-order valence-corrected chi connectivity index (χ4v) is 4.41. The number of carbonyl (C=O) groups is 1. The normalized spacial score (nSPS) is 11.9. The van der Waals surface area contributed by atoms with Crippen molar-refractivity contribution >= 4 is 49.4 Å². The molecule has 0 spiro atoms. The number of fused-ring (bicyclic) bond motifs is 3. The molecule has 0 saturated carbocycles. The van der Waals surface area contributed by atoms with Gasteiger partial charge in [-0.15, -0.1) is 0 Å². The van der Waals surface area contributed by atoms with E-state index in [2.05, 4.69) is 14.7 Å². The molecule has 10 heteroatoms.